The Labute approximate surface area is 194 Å². The van der Waals surface area contributed by atoms with E-state index in [0.717, 1.165) is 10.9 Å². The maximum atomic E-state index is 12.4. The third-order valence-electron chi connectivity index (χ3n) is 5.39. The number of Topliss-reactive ketones (excluding diaryl/α,β-unsaturated/α-hetero) is 1. The van der Waals surface area contributed by atoms with Crippen LogP contribution in [0.5, 0.6) is 5.75 Å². The molecule has 1 N–H and O–H groups in total. The summed E-state index contributed by atoms with van der Waals surface area (Å²) < 4.78 is 10.2. The monoisotopic (exact) mass is 454 g/mol. The fourth-order valence-corrected chi connectivity index (χ4v) is 3.83. The molecule has 0 radical (unpaired) electrons. The second-order valence-electron chi connectivity index (χ2n) is 7.81. The van der Waals surface area contributed by atoms with Crippen molar-refractivity contribution in [2.45, 2.75) is 19.3 Å². The molecular formula is C28H22O6. The number of para-hydroxylation sites is 2. The molecule has 6 nitrogen and oxygen atoms in total. The Morgan fingerprint density at radius 3 is 2.18 bits per heavy atom. The Bertz CT molecular complexity index is 1560. The molecule has 0 fully saturated rings. The van der Waals surface area contributed by atoms with Gasteiger partial charge in [-0.3, -0.25) is 4.79 Å². The largest absolute Gasteiger partial charge is 0.507 e. The highest BCUT2D eigenvalue weighted by Crippen LogP contribution is 2.35. The van der Waals surface area contributed by atoms with Crippen molar-refractivity contribution in [1.82, 2.24) is 0 Å². The predicted octanol–water partition coefficient (Wildman–Crippen LogP) is 5.40. The van der Waals surface area contributed by atoms with Crippen LogP contribution in [0.1, 0.15) is 30.4 Å². The first-order valence-electron chi connectivity index (χ1n) is 10.7. The molecule has 5 rings (SSSR count). The number of carbonyl (C=O) groups is 1. The van der Waals surface area contributed by atoms with E-state index in [1.54, 1.807) is 36.4 Å². The first kappa shape index (κ1) is 22.7. The van der Waals surface area contributed by atoms with E-state index in [1.165, 1.54) is 13.0 Å². The summed E-state index contributed by atoms with van der Waals surface area (Å²) in [6, 6.07) is 26.6. The van der Waals surface area contributed by atoms with E-state index in [4.69, 9.17) is 8.83 Å². The van der Waals surface area contributed by atoms with E-state index in [2.05, 4.69) is 0 Å². The average molecular weight is 454 g/mol. The normalized spacial score (nSPS) is 11.6. The van der Waals surface area contributed by atoms with E-state index in [0.29, 0.717) is 16.6 Å². The van der Waals surface area contributed by atoms with Crippen LogP contribution < -0.4 is 11.3 Å². The summed E-state index contributed by atoms with van der Waals surface area (Å²) in [5.74, 6) is -0.715. The number of hydrogen-bond acceptors (Lipinski definition) is 6. The van der Waals surface area contributed by atoms with Gasteiger partial charge in [0.05, 0.1) is 10.9 Å². The van der Waals surface area contributed by atoms with Gasteiger partial charge in [-0.05, 0) is 36.8 Å². The van der Waals surface area contributed by atoms with Crippen molar-refractivity contribution in [1.29, 1.82) is 0 Å². The minimum atomic E-state index is -0.615. The summed E-state index contributed by atoms with van der Waals surface area (Å²) in [6.45, 7) is 1.47. The number of fused-ring (bicyclic) bond motifs is 2. The van der Waals surface area contributed by atoms with Crippen LogP contribution in [0, 0.1) is 0 Å². The molecule has 2 heterocycles. The topological polar surface area (TPSA) is 97.7 Å². The van der Waals surface area contributed by atoms with Gasteiger partial charge in [0.25, 0.3) is 0 Å². The van der Waals surface area contributed by atoms with Crippen molar-refractivity contribution in [3.8, 4) is 5.75 Å². The molecule has 0 spiro atoms. The number of rotatable bonds is 4. The highest BCUT2D eigenvalue weighted by Gasteiger charge is 2.25. The zero-order valence-corrected chi connectivity index (χ0v) is 18.4. The van der Waals surface area contributed by atoms with Crippen molar-refractivity contribution in [3.05, 3.63) is 123 Å². The first-order valence-corrected chi connectivity index (χ1v) is 10.7. The van der Waals surface area contributed by atoms with E-state index in [1.807, 2.05) is 48.5 Å². The van der Waals surface area contributed by atoms with Crippen molar-refractivity contribution < 1.29 is 18.7 Å². The maximum absolute atomic E-state index is 12.4. The van der Waals surface area contributed by atoms with Crippen LogP contribution in [-0.4, -0.2) is 10.9 Å². The van der Waals surface area contributed by atoms with Gasteiger partial charge in [-0.15, -0.1) is 0 Å². The van der Waals surface area contributed by atoms with Crippen molar-refractivity contribution >= 4 is 27.7 Å². The lowest BCUT2D eigenvalue weighted by Gasteiger charge is -2.17. The van der Waals surface area contributed by atoms with Gasteiger partial charge in [0.15, 0.2) is 0 Å². The van der Waals surface area contributed by atoms with E-state index in [-0.39, 0.29) is 29.1 Å². The molecule has 170 valence electrons. The van der Waals surface area contributed by atoms with Crippen molar-refractivity contribution in [3.63, 3.8) is 0 Å². The quantitative estimate of drug-likeness (QED) is 0.365. The highest BCUT2D eigenvalue weighted by atomic mass is 16.4. The lowest BCUT2D eigenvalue weighted by Crippen LogP contribution is -2.16. The van der Waals surface area contributed by atoms with Crippen molar-refractivity contribution in [2.24, 2.45) is 0 Å². The second-order valence-corrected chi connectivity index (χ2v) is 7.81. The summed E-state index contributed by atoms with van der Waals surface area (Å²) in [5, 5.41) is 12.0. The van der Waals surface area contributed by atoms with Crippen LogP contribution in [0.25, 0.3) is 21.9 Å². The Kier molecular flexibility index (Phi) is 6.69. The Morgan fingerprint density at radius 2 is 1.44 bits per heavy atom. The van der Waals surface area contributed by atoms with Crippen LogP contribution >= 0.6 is 0 Å². The third-order valence-corrected chi connectivity index (χ3v) is 5.39. The van der Waals surface area contributed by atoms with Gasteiger partial charge in [-0.1, -0.05) is 60.7 Å². The molecule has 5 aromatic rings. The van der Waals surface area contributed by atoms with E-state index >= 15 is 0 Å². The zero-order valence-electron chi connectivity index (χ0n) is 18.4. The standard InChI is InChI=1S/C19H16O4.C9H6O2/c1-12(20)11-15(13-7-3-2-4-8-13)17-18(21)14-9-5-6-10-16(14)23-19(17)22;10-9-6-5-7-3-1-2-4-8(7)11-9/h2-10,15,21H,11H2,1H3;1-6H. The molecule has 0 bridgehead atoms. The van der Waals surface area contributed by atoms with Gasteiger partial charge >= 0.3 is 11.3 Å². The summed E-state index contributed by atoms with van der Waals surface area (Å²) in [5.41, 5.74) is 0.971. The zero-order chi connectivity index (χ0) is 24.1. The molecule has 0 aliphatic rings. The van der Waals surface area contributed by atoms with Gasteiger partial charge in [-0.2, -0.15) is 0 Å². The number of carbonyl (C=O) groups excluding carboxylic acids is 1. The van der Waals surface area contributed by atoms with Gasteiger partial charge in [0.1, 0.15) is 22.7 Å². The highest BCUT2D eigenvalue weighted by molar-refractivity contribution is 5.85. The molecule has 6 heteroatoms. The molecule has 0 aliphatic heterocycles. The van der Waals surface area contributed by atoms with Crippen molar-refractivity contribution in [2.75, 3.05) is 0 Å². The SMILES string of the molecule is CC(=O)CC(c1ccccc1)c1c(O)c2ccccc2oc1=O.O=c1ccc2ccccc2o1. The smallest absolute Gasteiger partial charge is 0.343 e. The third kappa shape index (κ3) is 4.96. The summed E-state index contributed by atoms with van der Waals surface area (Å²) in [7, 11) is 0. The number of hydrogen-bond donors (Lipinski definition) is 1. The first-order chi connectivity index (χ1) is 16.4. The minimum Gasteiger partial charge on any atom is -0.507 e. The molecule has 0 saturated heterocycles. The Morgan fingerprint density at radius 1 is 0.794 bits per heavy atom. The molecule has 2 aromatic heterocycles. The number of ketones is 1. The molecule has 0 aliphatic carbocycles. The minimum absolute atomic E-state index is 0.0641. The summed E-state index contributed by atoms with van der Waals surface area (Å²) >= 11 is 0. The molecule has 1 atom stereocenters. The fourth-order valence-electron chi connectivity index (χ4n) is 3.83. The van der Waals surface area contributed by atoms with Crippen LogP contribution in [0.3, 0.4) is 0 Å². The average Bonchev–Trinajstić information content (AvgIpc) is 2.84. The number of aromatic hydroxyl groups is 1. The predicted molar refractivity (Wildman–Crippen MR) is 130 cm³/mol. The van der Waals surface area contributed by atoms with Crippen LogP contribution in [0.15, 0.2) is 109 Å². The molecular weight excluding hydrogens is 432 g/mol. The molecule has 3 aromatic carbocycles. The van der Waals surface area contributed by atoms with Gasteiger partial charge in [0, 0.05) is 23.8 Å². The van der Waals surface area contributed by atoms with Crippen LogP contribution in [-0.2, 0) is 4.79 Å². The molecule has 34 heavy (non-hydrogen) atoms. The Hall–Kier alpha value is -4.45. The lowest BCUT2D eigenvalue weighted by molar-refractivity contribution is -0.117. The van der Waals surface area contributed by atoms with E-state index < -0.39 is 11.5 Å². The fraction of sp³-hybridized carbons (Fsp3) is 0.107. The van der Waals surface area contributed by atoms with Gasteiger partial charge in [-0.25, -0.2) is 9.59 Å². The Balaban J connectivity index is 0.000000207. The number of benzene rings is 3. The molecule has 0 amide bonds. The summed E-state index contributed by atoms with van der Waals surface area (Å²) in [6.07, 6.45) is 0.126. The molecule has 0 saturated carbocycles. The van der Waals surface area contributed by atoms with Crippen LogP contribution in [0.2, 0.25) is 0 Å². The molecule has 1 unspecified atom stereocenters. The van der Waals surface area contributed by atoms with Gasteiger partial charge < -0.3 is 13.9 Å². The maximum Gasteiger partial charge on any atom is 0.343 e. The van der Waals surface area contributed by atoms with Crippen LogP contribution in [0.4, 0.5) is 0 Å². The summed E-state index contributed by atoms with van der Waals surface area (Å²) in [4.78, 5) is 34.8. The lowest BCUT2D eigenvalue weighted by atomic mass is 9.87. The van der Waals surface area contributed by atoms with E-state index in [9.17, 15) is 19.5 Å². The second kappa shape index (κ2) is 10.0. The van der Waals surface area contributed by atoms with Gasteiger partial charge in [0.2, 0.25) is 0 Å².